The van der Waals surface area contributed by atoms with Crippen molar-refractivity contribution in [2.45, 2.75) is 33.1 Å². The zero-order valence-corrected chi connectivity index (χ0v) is 12.1. The average Bonchev–Trinajstić information content (AvgIpc) is 2.88. The van der Waals surface area contributed by atoms with E-state index in [0.29, 0.717) is 5.82 Å². The smallest absolute Gasteiger partial charge is 0.134 e. The highest BCUT2D eigenvalue weighted by Crippen LogP contribution is 2.18. The fourth-order valence-electron chi connectivity index (χ4n) is 1.75. The van der Waals surface area contributed by atoms with Crippen LogP contribution in [0.4, 0.5) is 11.6 Å². The van der Waals surface area contributed by atoms with Crippen LogP contribution in [0.15, 0.2) is 11.6 Å². The van der Waals surface area contributed by atoms with Gasteiger partial charge in [-0.2, -0.15) is 0 Å². The molecule has 0 aliphatic heterocycles. The molecule has 0 saturated carbocycles. The molecule has 0 spiro atoms. The third kappa shape index (κ3) is 3.64. The van der Waals surface area contributed by atoms with Crippen LogP contribution in [0.3, 0.4) is 0 Å². The van der Waals surface area contributed by atoms with Crippen molar-refractivity contribution in [3.63, 3.8) is 0 Å². The molecule has 0 atom stereocenters. The van der Waals surface area contributed by atoms with E-state index in [1.807, 2.05) is 18.5 Å². The van der Waals surface area contributed by atoms with Gasteiger partial charge in [-0.15, -0.1) is 11.3 Å². The summed E-state index contributed by atoms with van der Waals surface area (Å²) in [4.78, 5) is 13.1. The van der Waals surface area contributed by atoms with Crippen molar-refractivity contribution in [2.75, 3.05) is 17.6 Å². The second-order valence-electron chi connectivity index (χ2n) is 4.35. The quantitative estimate of drug-likeness (QED) is 0.848. The number of rotatable bonds is 6. The predicted octanol–water partition coefficient (Wildman–Crippen LogP) is 2.43. The monoisotopic (exact) mass is 277 g/mol. The molecule has 5 nitrogen and oxygen atoms in total. The Morgan fingerprint density at radius 2 is 2.16 bits per heavy atom. The summed E-state index contributed by atoms with van der Waals surface area (Å²) in [6.45, 7) is 4.85. The SMILES string of the molecule is CCCc1nc(N)c(C)c(NCCc2nccs2)n1. The normalized spacial score (nSPS) is 10.6. The van der Waals surface area contributed by atoms with Crippen LogP contribution in [0.2, 0.25) is 0 Å². The van der Waals surface area contributed by atoms with E-state index in [4.69, 9.17) is 5.73 Å². The Balaban J connectivity index is 2.02. The van der Waals surface area contributed by atoms with Crippen LogP contribution in [0.25, 0.3) is 0 Å². The average molecular weight is 277 g/mol. The molecule has 0 bridgehead atoms. The van der Waals surface area contributed by atoms with Gasteiger partial charge in [-0.3, -0.25) is 0 Å². The Labute approximate surface area is 117 Å². The number of nitrogens with one attached hydrogen (secondary N) is 1. The maximum absolute atomic E-state index is 5.92. The number of hydrogen-bond acceptors (Lipinski definition) is 6. The van der Waals surface area contributed by atoms with Crippen LogP contribution in [0.5, 0.6) is 0 Å². The highest BCUT2D eigenvalue weighted by molar-refractivity contribution is 7.09. The largest absolute Gasteiger partial charge is 0.383 e. The van der Waals surface area contributed by atoms with Crippen LogP contribution in [-0.4, -0.2) is 21.5 Å². The molecule has 0 saturated heterocycles. The molecular weight excluding hydrogens is 258 g/mol. The molecule has 0 radical (unpaired) electrons. The van der Waals surface area contributed by atoms with Gasteiger partial charge in [0, 0.05) is 36.5 Å². The van der Waals surface area contributed by atoms with Crippen molar-refractivity contribution in [3.8, 4) is 0 Å². The summed E-state index contributed by atoms with van der Waals surface area (Å²) in [7, 11) is 0. The molecule has 0 fully saturated rings. The highest BCUT2D eigenvalue weighted by atomic mass is 32.1. The molecule has 2 aromatic heterocycles. The fraction of sp³-hybridized carbons (Fsp3) is 0.462. The minimum absolute atomic E-state index is 0.565. The van der Waals surface area contributed by atoms with Crippen molar-refractivity contribution in [2.24, 2.45) is 0 Å². The molecular formula is C13H19N5S. The Morgan fingerprint density at radius 1 is 1.32 bits per heavy atom. The molecule has 0 amide bonds. The van der Waals surface area contributed by atoms with Crippen molar-refractivity contribution in [1.82, 2.24) is 15.0 Å². The van der Waals surface area contributed by atoms with Gasteiger partial charge in [-0.25, -0.2) is 15.0 Å². The first-order chi connectivity index (χ1) is 9.20. The number of aryl methyl sites for hydroxylation is 1. The van der Waals surface area contributed by atoms with E-state index in [1.54, 1.807) is 11.3 Å². The number of aromatic nitrogens is 3. The summed E-state index contributed by atoms with van der Waals surface area (Å²) in [5.41, 5.74) is 6.83. The molecule has 3 N–H and O–H groups in total. The third-order valence-corrected chi connectivity index (χ3v) is 3.66. The standard InChI is InChI=1S/C13H19N5S/c1-3-4-10-17-12(14)9(2)13(18-10)16-6-5-11-15-7-8-19-11/h7-8H,3-6H2,1-2H3,(H3,14,16,17,18). The zero-order valence-electron chi connectivity index (χ0n) is 11.3. The van der Waals surface area contributed by atoms with E-state index in [0.717, 1.165) is 48.0 Å². The van der Waals surface area contributed by atoms with E-state index in [-0.39, 0.29) is 0 Å². The maximum Gasteiger partial charge on any atom is 0.134 e. The lowest BCUT2D eigenvalue weighted by Gasteiger charge is -2.11. The molecule has 19 heavy (non-hydrogen) atoms. The Hall–Kier alpha value is -1.69. The number of nitrogen functional groups attached to an aromatic ring is 1. The van der Waals surface area contributed by atoms with Crippen molar-refractivity contribution in [3.05, 3.63) is 28.0 Å². The van der Waals surface area contributed by atoms with E-state index < -0.39 is 0 Å². The van der Waals surface area contributed by atoms with E-state index in [9.17, 15) is 0 Å². The molecule has 6 heteroatoms. The lowest BCUT2D eigenvalue weighted by molar-refractivity contribution is 0.832. The third-order valence-electron chi connectivity index (χ3n) is 2.82. The molecule has 2 aromatic rings. The van der Waals surface area contributed by atoms with E-state index >= 15 is 0 Å². The first-order valence-corrected chi connectivity index (χ1v) is 7.34. The van der Waals surface area contributed by atoms with Crippen molar-refractivity contribution in [1.29, 1.82) is 0 Å². The number of nitrogens with zero attached hydrogens (tertiary/aromatic N) is 3. The van der Waals surface area contributed by atoms with Gasteiger partial charge < -0.3 is 11.1 Å². The summed E-state index contributed by atoms with van der Waals surface area (Å²) >= 11 is 1.67. The molecule has 0 aromatic carbocycles. The van der Waals surface area contributed by atoms with Gasteiger partial charge in [0.1, 0.15) is 17.5 Å². The Morgan fingerprint density at radius 3 is 2.84 bits per heavy atom. The minimum Gasteiger partial charge on any atom is -0.383 e. The van der Waals surface area contributed by atoms with Gasteiger partial charge in [0.25, 0.3) is 0 Å². The number of hydrogen-bond donors (Lipinski definition) is 2. The van der Waals surface area contributed by atoms with Crippen molar-refractivity contribution < 1.29 is 0 Å². The van der Waals surface area contributed by atoms with Crippen LogP contribution >= 0.6 is 11.3 Å². The summed E-state index contributed by atoms with van der Waals surface area (Å²) < 4.78 is 0. The Bertz CT molecular complexity index is 524. The van der Waals surface area contributed by atoms with Crippen LogP contribution in [0.1, 0.15) is 29.7 Å². The number of thiazole rings is 1. The summed E-state index contributed by atoms with van der Waals surface area (Å²) in [5.74, 6) is 2.21. The van der Waals surface area contributed by atoms with E-state index in [2.05, 4.69) is 27.2 Å². The first-order valence-electron chi connectivity index (χ1n) is 6.46. The minimum atomic E-state index is 0.565. The Kier molecular flexibility index (Phi) is 4.68. The van der Waals surface area contributed by atoms with Gasteiger partial charge in [-0.05, 0) is 13.3 Å². The van der Waals surface area contributed by atoms with Crippen LogP contribution in [-0.2, 0) is 12.8 Å². The number of nitrogens with two attached hydrogens (primary N) is 1. The topological polar surface area (TPSA) is 76.7 Å². The second kappa shape index (κ2) is 6.47. The van der Waals surface area contributed by atoms with Gasteiger partial charge in [0.15, 0.2) is 0 Å². The van der Waals surface area contributed by atoms with Gasteiger partial charge >= 0.3 is 0 Å². The molecule has 2 heterocycles. The summed E-state index contributed by atoms with van der Waals surface area (Å²) in [6, 6.07) is 0. The lowest BCUT2D eigenvalue weighted by atomic mass is 10.2. The van der Waals surface area contributed by atoms with E-state index in [1.165, 1.54) is 0 Å². The molecule has 2 rings (SSSR count). The van der Waals surface area contributed by atoms with Gasteiger partial charge in [0.05, 0.1) is 5.01 Å². The zero-order chi connectivity index (χ0) is 13.7. The highest BCUT2D eigenvalue weighted by Gasteiger charge is 2.08. The number of anilines is 2. The predicted molar refractivity (Wildman–Crippen MR) is 79.5 cm³/mol. The van der Waals surface area contributed by atoms with Gasteiger partial charge in [-0.1, -0.05) is 6.92 Å². The van der Waals surface area contributed by atoms with Crippen molar-refractivity contribution >= 4 is 23.0 Å². The molecule has 0 unspecified atom stereocenters. The summed E-state index contributed by atoms with van der Waals surface area (Å²) in [5, 5.41) is 6.44. The van der Waals surface area contributed by atoms with Crippen LogP contribution in [0, 0.1) is 6.92 Å². The van der Waals surface area contributed by atoms with Gasteiger partial charge in [0.2, 0.25) is 0 Å². The fourth-order valence-corrected chi connectivity index (χ4v) is 2.37. The first kappa shape index (κ1) is 13.7. The molecule has 102 valence electrons. The second-order valence-corrected chi connectivity index (χ2v) is 5.33. The van der Waals surface area contributed by atoms with Crippen LogP contribution < -0.4 is 11.1 Å². The molecule has 0 aliphatic rings. The summed E-state index contributed by atoms with van der Waals surface area (Å²) in [6.07, 6.45) is 4.59. The lowest BCUT2D eigenvalue weighted by Crippen LogP contribution is -2.12. The molecule has 0 aliphatic carbocycles. The maximum atomic E-state index is 5.92.